The second-order valence-electron chi connectivity index (χ2n) is 6.44. The van der Waals surface area contributed by atoms with Crippen LogP contribution in [0.3, 0.4) is 0 Å². The molecule has 3 atom stereocenters. The van der Waals surface area contributed by atoms with Crippen LogP contribution < -0.4 is 0 Å². The Kier molecular flexibility index (Phi) is 3.39. The zero-order valence-electron chi connectivity index (χ0n) is 11.7. The number of aromatic nitrogens is 1. The maximum Gasteiger partial charge on any atom is 0.419 e. The molecule has 1 aromatic heterocycles. The molecule has 1 heterocycles. The lowest BCUT2D eigenvalue weighted by Crippen LogP contribution is -2.18. The second kappa shape index (κ2) is 4.76. The van der Waals surface area contributed by atoms with Crippen LogP contribution >= 0.6 is 0 Å². The lowest BCUT2D eigenvalue weighted by Gasteiger charge is -2.29. The van der Waals surface area contributed by atoms with Crippen molar-refractivity contribution >= 4 is 9.84 Å². The first-order valence-corrected chi connectivity index (χ1v) is 9.01. The molecule has 2 aliphatic rings. The van der Waals surface area contributed by atoms with Gasteiger partial charge >= 0.3 is 6.18 Å². The van der Waals surface area contributed by atoms with E-state index in [1.165, 1.54) is 17.4 Å². The number of hydrogen-bond acceptors (Lipinski definition) is 2. The highest BCUT2D eigenvalue weighted by Gasteiger charge is 2.41. The average molecular weight is 321 g/mol. The number of nitrogens with zero attached hydrogens (tertiary/aromatic N) is 1. The summed E-state index contributed by atoms with van der Waals surface area (Å²) in [7, 11) is -3.88. The fourth-order valence-corrected chi connectivity index (χ4v) is 4.65. The van der Waals surface area contributed by atoms with Crippen molar-refractivity contribution in [3.8, 4) is 0 Å². The minimum absolute atomic E-state index is 0.364. The van der Waals surface area contributed by atoms with E-state index in [0.717, 1.165) is 43.3 Å². The molecular weight excluding hydrogens is 303 g/mol. The van der Waals surface area contributed by atoms with Crippen molar-refractivity contribution in [3.05, 3.63) is 18.0 Å². The van der Waals surface area contributed by atoms with Crippen molar-refractivity contribution in [1.29, 1.82) is 0 Å². The smallest absolute Gasteiger partial charge is 0.352 e. The summed E-state index contributed by atoms with van der Waals surface area (Å²) in [4.78, 5) is -0.615. The number of alkyl halides is 3. The van der Waals surface area contributed by atoms with Crippen molar-refractivity contribution in [2.24, 2.45) is 17.8 Å². The van der Waals surface area contributed by atoms with Gasteiger partial charge in [-0.25, -0.2) is 8.42 Å². The first kappa shape index (κ1) is 14.9. The molecule has 0 aliphatic heterocycles. The fraction of sp³-hybridized carbons (Fsp3) is 0.714. The highest BCUT2D eigenvalue weighted by molar-refractivity contribution is 7.90. The van der Waals surface area contributed by atoms with Gasteiger partial charge in [0, 0.05) is 25.2 Å². The van der Waals surface area contributed by atoms with E-state index < -0.39 is 26.5 Å². The molecule has 0 bridgehead atoms. The molecule has 21 heavy (non-hydrogen) atoms. The van der Waals surface area contributed by atoms with Crippen LogP contribution in [-0.4, -0.2) is 19.2 Å². The van der Waals surface area contributed by atoms with Crippen LogP contribution in [0.15, 0.2) is 17.3 Å². The first-order valence-electron chi connectivity index (χ1n) is 7.11. The summed E-state index contributed by atoms with van der Waals surface area (Å²) >= 11 is 0. The molecule has 1 aromatic rings. The van der Waals surface area contributed by atoms with Gasteiger partial charge in [-0.05, 0) is 43.4 Å². The molecule has 0 N–H and O–H groups in total. The molecule has 3 rings (SSSR count). The van der Waals surface area contributed by atoms with Gasteiger partial charge in [0.2, 0.25) is 0 Å². The number of sulfone groups is 1. The number of halogens is 3. The summed E-state index contributed by atoms with van der Waals surface area (Å²) in [6, 6.07) is 0. The number of hydrogen-bond donors (Lipinski definition) is 0. The quantitative estimate of drug-likeness (QED) is 0.856. The summed E-state index contributed by atoms with van der Waals surface area (Å²) in [5, 5.41) is 0. The Labute approximate surface area is 122 Å². The van der Waals surface area contributed by atoms with Crippen LogP contribution in [0, 0.1) is 17.8 Å². The average Bonchev–Trinajstić information content (AvgIpc) is 2.83. The molecule has 0 amide bonds. The van der Waals surface area contributed by atoms with Gasteiger partial charge in [0.05, 0.1) is 10.5 Å². The SMILES string of the molecule is CS(=O)(=O)c1cn(CC2C[C@H]3CC[C@H]3C2)cc1C(F)(F)F. The second-order valence-corrected chi connectivity index (χ2v) is 8.42. The molecule has 0 radical (unpaired) electrons. The van der Waals surface area contributed by atoms with E-state index in [-0.39, 0.29) is 0 Å². The van der Waals surface area contributed by atoms with Crippen LogP contribution in [0.5, 0.6) is 0 Å². The van der Waals surface area contributed by atoms with Gasteiger partial charge in [0.25, 0.3) is 0 Å². The Morgan fingerprint density at radius 3 is 2.14 bits per heavy atom. The van der Waals surface area contributed by atoms with Gasteiger partial charge < -0.3 is 4.57 Å². The third kappa shape index (κ3) is 2.84. The summed E-state index contributed by atoms with van der Waals surface area (Å²) in [5.41, 5.74) is -1.05. The van der Waals surface area contributed by atoms with E-state index >= 15 is 0 Å². The Hall–Kier alpha value is -0.980. The fourth-order valence-electron chi connectivity index (χ4n) is 3.76. The maximum absolute atomic E-state index is 13.0. The molecule has 7 heteroatoms. The normalized spacial score (nSPS) is 29.2. The predicted molar refractivity (Wildman–Crippen MR) is 71.5 cm³/mol. The van der Waals surface area contributed by atoms with Crippen molar-refractivity contribution < 1.29 is 21.6 Å². The third-order valence-corrected chi connectivity index (χ3v) is 5.99. The van der Waals surface area contributed by atoms with Crippen molar-refractivity contribution in [3.63, 3.8) is 0 Å². The molecule has 2 saturated carbocycles. The van der Waals surface area contributed by atoms with Gasteiger partial charge in [-0.1, -0.05) is 0 Å². The maximum atomic E-state index is 13.0. The van der Waals surface area contributed by atoms with E-state index in [0.29, 0.717) is 12.5 Å². The zero-order valence-corrected chi connectivity index (χ0v) is 12.5. The molecule has 118 valence electrons. The van der Waals surface area contributed by atoms with Crippen LogP contribution in [0.1, 0.15) is 31.2 Å². The van der Waals surface area contributed by atoms with Crippen molar-refractivity contribution in [2.75, 3.05) is 6.26 Å². The summed E-state index contributed by atoms with van der Waals surface area (Å²) in [5.74, 6) is 1.84. The van der Waals surface area contributed by atoms with Crippen LogP contribution in [-0.2, 0) is 22.6 Å². The van der Waals surface area contributed by atoms with Crippen LogP contribution in [0.25, 0.3) is 0 Å². The Bertz CT molecular complexity index is 636. The number of fused-ring (bicyclic) bond motifs is 1. The molecule has 0 saturated heterocycles. The predicted octanol–water partition coefficient (Wildman–Crippen LogP) is 3.35. The molecule has 0 aromatic carbocycles. The van der Waals surface area contributed by atoms with Crippen molar-refractivity contribution in [1.82, 2.24) is 4.57 Å². The highest BCUT2D eigenvalue weighted by atomic mass is 32.2. The van der Waals surface area contributed by atoms with E-state index in [4.69, 9.17) is 0 Å². The summed E-state index contributed by atoms with van der Waals surface area (Å²) in [6.07, 6.45) is 2.83. The Morgan fingerprint density at radius 2 is 1.76 bits per heavy atom. The number of rotatable bonds is 3. The van der Waals surface area contributed by atoms with Crippen molar-refractivity contribution in [2.45, 2.75) is 43.3 Å². The zero-order chi connectivity index (χ0) is 15.4. The molecule has 0 spiro atoms. The van der Waals surface area contributed by atoms with Gasteiger partial charge in [-0.15, -0.1) is 0 Å². The Balaban J connectivity index is 1.85. The topological polar surface area (TPSA) is 39.1 Å². The monoisotopic (exact) mass is 321 g/mol. The third-order valence-electron chi connectivity index (χ3n) is 4.86. The minimum atomic E-state index is -4.64. The van der Waals surface area contributed by atoms with E-state index in [1.807, 2.05) is 0 Å². The standard InChI is InChI=1S/C14H18F3NO2S/c1-21(19,20)13-8-18(7-12(13)14(15,16)17)6-9-4-10-2-3-11(10)5-9/h7-11H,2-6H2,1H3/t9?,10-,11+. The van der Waals surface area contributed by atoms with Crippen LogP contribution in [0.4, 0.5) is 13.2 Å². The first-order chi connectivity index (χ1) is 9.64. The van der Waals surface area contributed by atoms with Gasteiger partial charge in [-0.3, -0.25) is 0 Å². The van der Waals surface area contributed by atoms with Crippen LogP contribution in [0.2, 0.25) is 0 Å². The lowest BCUT2D eigenvalue weighted by atomic mass is 9.77. The molecule has 1 unspecified atom stereocenters. The molecule has 3 nitrogen and oxygen atoms in total. The molecular formula is C14H18F3NO2S. The summed E-state index contributed by atoms with van der Waals surface area (Å²) in [6.45, 7) is 0.478. The van der Waals surface area contributed by atoms with E-state index in [2.05, 4.69) is 0 Å². The Morgan fingerprint density at radius 1 is 1.19 bits per heavy atom. The molecule has 2 fully saturated rings. The van der Waals surface area contributed by atoms with Gasteiger partial charge in [0.1, 0.15) is 0 Å². The highest BCUT2D eigenvalue weighted by Crippen LogP contribution is 2.50. The van der Waals surface area contributed by atoms with E-state index in [9.17, 15) is 21.6 Å². The largest absolute Gasteiger partial charge is 0.419 e. The van der Waals surface area contributed by atoms with Gasteiger partial charge in [-0.2, -0.15) is 13.2 Å². The molecule has 2 aliphatic carbocycles. The van der Waals surface area contributed by atoms with E-state index in [1.54, 1.807) is 0 Å². The lowest BCUT2D eigenvalue weighted by molar-refractivity contribution is -0.139. The van der Waals surface area contributed by atoms with Gasteiger partial charge in [0.15, 0.2) is 9.84 Å². The summed E-state index contributed by atoms with van der Waals surface area (Å²) < 4.78 is 63.4. The minimum Gasteiger partial charge on any atom is -0.352 e.